The fraction of sp³-hybridized carbons (Fsp3) is 0.0833. The summed E-state index contributed by atoms with van der Waals surface area (Å²) in [5.41, 5.74) is 4.61. The van der Waals surface area contributed by atoms with E-state index in [0.29, 0.717) is 5.75 Å². The van der Waals surface area contributed by atoms with Gasteiger partial charge < -0.3 is 4.74 Å². The van der Waals surface area contributed by atoms with Crippen LogP contribution in [-0.2, 0) is 4.79 Å². The molecule has 0 unspecified atom stereocenters. The monoisotopic (exact) mass is 368 g/mol. The maximum absolute atomic E-state index is 12.1. The Morgan fingerprint density at radius 2 is 1.61 bits per heavy atom. The molecular weight excluding hydrogens is 348 g/mol. The third kappa shape index (κ3) is 3.86. The molecule has 4 aromatic carbocycles. The Kier molecular flexibility index (Phi) is 5.02. The average Bonchev–Trinajstić information content (AvgIpc) is 2.72. The molecule has 0 radical (unpaired) electrons. The number of hydrogen-bond donors (Lipinski definition) is 1. The highest BCUT2D eigenvalue weighted by molar-refractivity contribution is 6.13. The van der Waals surface area contributed by atoms with Crippen molar-refractivity contribution in [3.8, 4) is 5.75 Å². The highest BCUT2D eigenvalue weighted by Crippen LogP contribution is 2.27. The maximum Gasteiger partial charge on any atom is 0.277 e. The summed E-state index contributed by atoms with van der Waals surface area (Å²) in [4.78, 5) is 12.1. The Hall–Kier alpha value is -3.66. The summed E-state index contributed by atoms with van der Waals surface area (Å²) in [5, 5.41) is 8.62. The third-order valence-electron chi connectivity index (χ3n) is 4.56. The number of nitrogens with one attached hydrogen (secondary N) is 1. The highest BCUT2D eigenvalue weighted by atomic mass is 16.5. The molecule has 28 heavy (non-hydrogen) atoms. The lowest BCUT2D eigenvalue weighted by molar-refractivity contribution is -0.123. The third-order valence-corrected chi connectivity index (χ3v) is 4.56. The van der Waals surface area contributed by atoms with E-state index < -0.39 is 0 Å². The van der Waals surface area contributed by atoms with Crippen LogP contribution in [0.3, 0.4) is 0 Å². The Labute approximate surface area is 163 Å². The van der Waals surface area contributed by atoms with Crippen molar-refractivity contribution >= 4 is 33.7 Å². The Balaban J connectivity index is 1.52. The number of aryl methyl sites for hydroxylation is 1. The first kappa shape index (κ1) is 17.7. The van der Waals surface area contributed by atoms with E-state index in [2.05, 4.69) is 40.9 Å². The summed E-state index contributed by atoms with van der Waals surface area (Å²) in [6.07, 6.45) is 1.70. The SMILES string of the molecule is Cc1cccc(OCC(=O)N/N=C/c2c3ccccc3cc3ccccc23)c1. The summed E-state index contributed by atoms with van der Waals surface area (Å²) < 4.78 is 5.51. The molecule has 0 heterocycles. The number of rotatable bonds is 5. The second kappa shape index (κ2) is 7.92. The van der Waals surface area contributed by atoms with Crippen LogP contribution in [0.5, 0.6) is 5.75 Å². The van der Waals surface area contributed by atoms with E-state index in [1.807, 2.05) is 55.5 Å². The Morgan fingerprint density at radius 3 is 2.29 bits per heavy atom. The molecule has 0 aliphatic carbocycles. The first-order valence-electron chi connectivity index (χ1n) is 9.12. The molecule has 1 amide bonds. The van der Waals surface area contributed by atoms with Crippen molar-refractivity contribution in [3.05, 3.63) is 90.0 Å². The predicted octanol–water partition coefficient (Wildman–Crippen LogP) is 4.83. The number of ether oxygens (including phenoxy) is 1. The minimum Gasteiger partial charge on any atom is -0.484 e. The summed E-state index contributed by atoms with van der Waals surface area (Å²) in [7, 11) is 0. The molecule has 0 saturated carbocycles. The van der Waals surface area contributed by atoms with Crippen molar-refractivity contribution in [1.29, 1.82) is 0 Å². The number of benzene rings is 4. The number of carbonyl (C=O) groups excluding carboxylic acids is 1. The predicted molar refractivity (Wildman–Crippen MR) is 114 cm³/mol. The number of hydrogen-bond acceptors (Lipinski definition) is 3. The Bertz CT molecular complexity index is 1130. The van der Waals surface area contributed by atoms with Crippen LogP contribution < -0.4 is 10.2 Å². The molecule has 4 aromatic rings. The van der Waals surface area contributed by atoms with Crippen LogP contribution in [0.1, 0.15) is 11.1 Å². The zero-order valence-corrected chi connectivity index (χ0v) is 15.6. The standard InChI is InChI=1S/C24H20N2O2/c1-17-7-6-10-20(13-17)28-16-24(27)26-25-15-23-21-11-4-2-8-18(21)14-19-9-3-5-12-22(19)23/h2-15H,16H2,1H3,(H,26,27)/b25-15+. The van der Waals surface area contributed by atoms with Crippen LogP contribution in [0.4, 0.5) is 0 Å². The highest BCUT2D eigenvalue weighted by Gasteiger charge is 2.06. The van der Waals surface area contributed by atoms with Gasteiger partial charge in [0.2, 0.25) is 0 Å². The van der Waals surface area contributed by atoms with Crippen molar-refractivity contribution in [3.63, 3.8) is 0 Å². The minimum atomic E-state index is -0.303. The molecule has 138 valence electrons. The maximum atomic E-state index is 12.1. The molecule has 0 aliphatic heterocycles. The van der Waals surface area contributed by atoms with Crippen LogP contribution in [0, 0.1) is 6.92 Å². The van der Waals surface area contributed by atoms with Gasteiger partial charge in [0.15, 0.2) is 6.61 Å². The van der Waals surface area contributed by atoms with Crippen molar-refractivity contribution < 1.29 is 9.53 Å². The molecule has 0 aromatic heterocycles. The quantitative estimate of drug-likeness (QED) is 0.312. The first-order chi connectivity index (χ1) is 13.7. The van der Waals surface area contributed by atoms with Crippen LogP contribution >= 0.6 is 0 Å². The van der Waals surface area contributed by atoms with E-state index >= 15 is 0 Å². The van der Waals surface area contributed by atoms with Gasteiger partial charge in [-0.3, -0.25) is 4.79 Å². The van der Waals surface area contributed by atoms with Crippen LogP contribution in [0.2, 0.25) is 0 Å². The number of hydrazone groups is 1. The normalized spacial score (nSPS) is 11.2. The van der Waals surface area contributed by atoms with Gasteiger partial charge >= 0.3 is 0 Å². The van der Waals surface area contributed by atoms with Gasteiger partial charge in [-0.2, -0.15) is 5.10 Å². The lowest BCUT2D eigenvalue weighted by Gasteiger charge is -2.08. The van der Waals surface area contributed by atoms with Crippen molar-refractivity contribution in [2.75, 3.05) is 6.61 Å². The van der Waals surface area contributed by atoms with E-state index in [1.54, 1.807) is 6.21 Å². The number of amides is 1. The second-order valence-electron chi connectivity index (χ2n) is 6.63. The largest absolute Gasteiger partial charge is 0.484 e. The van der Waals surface area contributed by atoms with E-state index in [1.165, 1.54) is 0 Å². The lowest BCUT2D eigenvalue weighted by Crippen LogP contribution is -2.24. The molecular formula is C24H20N2O2. The second-order valence-corrected chi connectivity index (χ2v) is 6.63. The van der Waals surface area contributed by atoms with Crippen LogP contribution in [0.25, 0.3) is 21.5 Å². The number of carbonyl (C=O) groups is 1. The number of nitrogens with zero attached hydrogens (tertiary/aromatic N) is 1. The fourth-order valence-electron chi connectivity index (χ4n) is 3.24. The topological polar surface area (TPSA) is 50.7 Å². The minimum absolute atomic E-state index is 0.0862. The van der Waals surface area contributed by atoms with Gasteiger partial charge in [-0.25, -0.2) is 5.43 Å². The van der Waals surface area contributed by atoms with Gasteiger partial charge in [0.1, 0.15) is 5.75 Å². The first-order valence-corrected chi connectivity index (χ1v) is 9.12. The van der Waals surface area contributed by atoms with E-state index in [0.717, 1.165) is 32.7 Å². The van der Waals surface area contributed by atoms with Crippen LogP contribution in [-0.4, -0.2) is 18.7 Å². The van der Waals surface area contributed by atoms with Gasteiger partial charge in [0.05, 0.1) is 6.21 Å². The molecule has 4 rings (SSSR count). The molecule has 0 saturated heterocycles. The van der Waals surface area contributed by atoms with Crippen molar-refractivity contribution in [2.24, 2.45) is 5.10 Å². The zero-order chi connectivity index (χ0) is 19.3. The van der Waals surface area contributed by atoms with Gasteiger partial charge in [-0.1, -0.05) is 60.7 Å². The molecule has 0 aliphatic rings. The van der Waals surface area contributed by atoms with E-state index in [4.69, 9.17) is 4.74 Å². The smallest absolute Gasteiger partial charge is 0.277 e. The molecule has 4 nitrogen and oxygen atoms in total. The van der Waals surface area contributed by atoms with Gasteiger partial charge in [0.25, 0.3) is 5.91 Å². The van der Waals surface area contributed by atoms with E-state index in [-0.39, 0.29) is 12.5 Å². The van der Waals surface area contributed by atoms with E-state index in [9.17, 15) is 4.79 Å². The Morgan fingerprint density at radius 1 is 0.929 bits per heavy atom. The van der Waals surface area contributed by atoms with Crippen molar-refractivity contribution in [2.45, 2.75) is 6.92 Å². The molecule has 0 fully saturated rings. The summed E-state index contributed by atoms with van der Waals surface area (Å²) in [5.74, 6) is 0.362. The van der Waals surface area contributed by atoms with Gasteiger partial charge in [-0.05, 0) is 52.2 Å². The average molecular weight is 368 g/mol. The fourth-order valence-corrected chi connectivity index (χ4v) is 3.24. The summed E-state index contributed by atoms with van der Waals surface area (Å²) in [6.45, 7) is 1.89. The molecule has 0 atom stereocenters. The molecule has 4 heteroatoms. The summed E-state index contributed by atoms with van der Waals surface area (Å²) in [6, 6.07) is 26.1. The van der Waals surface area contributed by atoms with Gasteiger partial charge in [-0.15, -0.1) is 0 Å². The van der Waals surface area contributed by atoms with Crippen LogP contribution in [0.15, 0.2) is 84.0 Å². The van der Waals surface area contributed by atoms with Crippen molar-refractivity contribution in [1.82, 2.24) is 5.43 Å². The summed E-state index contributed by atoms with van der Waals surface area (Å²) >= 11 is 0. The lowest BCUT2D eigenvalue weighted by atomic mass is 9.97. The van der Waals surface area contributed by atoms with Gasteiger partial charge in [0, 0.05) is 5.56 Å². The molecule has 0 spiro atoms. The molecule has 0 bridgehead atoms. The zero-order valence-electron chi connectivity index (χ0n) is 15.6. The number of fused-ring (bicyclic) bond motifs is 2. The molecule has 1 N–H and O–H groups in total.